The first kappa shape index (κ1) is 31.7. The van der Waals surface area contributed by atoms with E-state index in [9.17, 15) is 50.9 Å². The molecule has 216 valence electrons. The Labute approximate surface area is 223 Å². The van der Waals surface area contributed by atoms with E-state index in [-0.39, 0.29) is 30.6 Å². The van der Waals surface area contributed by atoms with Crippen LogP contribution in [0.2, 0.25) is 0 Å². The number of allylic oxidation sites excluding steroid dienone is 2. The molecule has 0 aliphatic carbocycles. The molecule has 0 atom stereocenters. The van der Waals surface area contributed by atoms with E-state index >= 15 is 0 Å². The van der Waals surface area contributed by atoms with E-state index in [1.807, 2.05) is 0 Å². The Morgan fingerprint density at radius 3 is 1.60 bits per heavy atom. The van der Waals surface area contributed by atoms with Crippen molar-refractivity contribution in [1.29, 1.82) is 0 Å². The average molecular weight is 576 g/mol. The van der Waals surface area contributed by atoms with Crippen LogP contribution in [0.1, 0.15) is 30.9 Å². The van der Waals surface area contributed by atoms with E-state index < -0.39 is 59.2 Å². The van der Waals surface area contributed by atoms with Crippen molar-refractivity contribution in [1.82, 2.24) is 0 Å². The third-order valence-electron chi connectivity index (χ3n) is 4.93. The van der Waals surface area contributed by atoms with Gasteiger partial charge in [-0.1, -0.05) is 24.3 Å². The van der Waals surface area contributed by atoms with Crippen LogP contribution in [0, 0.1) is 5.92 Å². The number of alkyl halides is 6. The normalized spacial score (nSPS) is 12.9. The van der Waals surface area contributed by atoms with Gasteiger partial charge in [0.05, 0.1) is 12.5 Å². The summed E-state index contributed by atoms with van der Waals surface area (Å²) >= 11 is 0. The lowest BCUT2D eigenvalue weighted by molar-refractivity contribution is -0.276. The highest BCUT2D eigenvalue weighted by Crippen LogP contribution is 2.33. The smallest absolute Gasteiger partial charge is 0.504 e. The van der Waals surface area contributed by atoms with Crippen LogP contribution < -0.4 is 9.47 Å². The summed E-state index contributed by atoms with van der Waals surface area (Å²) in [5.74, 6) is -7.36. The predicted molar refractivity (Wildman–Crippen MR) is 127 cm³/mol. The fourth-order valence-corrected chi connectivity index (χ4v) is 3.19. The van der Waals surface area contributed by atoms with Crippen LogP contribution in [-0.4, -0.2) is 47.1 Å². The highest BCUT2D eigenvalue weighted by molar-refractivity contribution is 6.13. The number of hydrogen-bond donors (Lipinski definition) is 2. The number of halogens is 6. The maximum absolute atomic E-state index is 12.8. The van der Waals surface area contributed by atoms with Gasteiger partial charge in [-0.3, -0.25) is 14.4 Å². The fourth-order valence-electron chi connectivity index (χ4n) is 3.19. The minimum absolute atomic E-state index is 0.00109. The maximum atomic E-state index is 12.8. The minimum Gasteiger partial charge on any atom is -0.504 e. The first-order chi connectivity index (χ1) is 18.6. The molecule has 0 aliphatic heterocycles. The third kappa shape index (κ3) is 10.7. The number of ether oxygens (including phenoxy) is 3. The second kappa shape index (κ2) is 13.5. The summed E-state index contributed by atoms with van der Waals surface area (Å²) < 4.78 is 87.3. The van der Waals surface area contributed by atoms with Gasteiger partial charge in [-0.2, -0.15) is 0 Å². The number of carbonyl (C=O) groups is 3. The Hall–Kier alpha value is -4.49. The topological polar surface area (TPSA) is 119 Å². The van der Waals surface area contributed by atoms with Gasteiger partial charge in [-0.25, -0.2) is 0 Å². The molecule has 2 rings (SSSR count). The molecule has 0 spiro atoms. The van der Waals surface area contributed by atoms with E-state index in [4.69, 9.17) is 4.74 Å². The van der Waals surface area contributed by atoms with Crippen molar-refractivity contribution in [2.75, 3.05) is 6.61 Å². The highest BCUT2D eigenvalue weighted by atomic mass is 19.4. The number of phenols is 2. The first-order valence-corrected chi connectivity index (χ1v) is 11.3. The van der Waals surface area contributed by atoms with Gasteiger partial charge in [0.25, 0.3) is 0 Å². The summed E-state index contributed by atoms with van der Waals surface area (Å²) in [4.78, 5) is 37.5. The zero-order valence-corrected chi connectivity index (χ0v) is 20.6. The molecule has 0 saturated heterocycles. The van der Waals surface area contributed by atoms with Crippen LogP contribution in [0.5, 0.6) is 23.0 Å². The molecule has 0 heterocycles. The standard InChI is InChI=1S/C26H22F6O8/c1-2-38-24(37)12-7-17(18(33)8-3-15-5-10-20(35)22(13-15)39-25(27,28)29)19(34)9-4-16-6-11-21(36)23(14-16)40-26(30,31)32/h3-6,8-11,13-14,17,35-36H,2,7,12H2,1H3. The summed E-state index contributed by atoms with van der Waals surface area (Å²) in [5, 5.41) is 19.1. The van der Waals surface area contributed by atoms with Crippen molar-refractivity contribution in [3.05, 3.63) is 59.7 Å². The first-order valence-electron chi connectivity index (χ1n) is 11.3. The van der Waals surface area contributed by atoms with E-state index in [2.05, 4.69) is 9.47 Å². The zero-order chi connectivity index (χ0) is 30.1. The number of ketones is 2. The van der Waals surface area contributed by atoms with Crippen LogP contribution in [-0.2, 0) is 19.1 Å². The molecule has 2 N–H and O–H groups in total. The number of esters is 1. The van der Waals surface area contributed by atoms with Crippen molar-refractivity contribution < 1.29 is 65.1 Å². The molecule has 0 radical (unpaired) electrons. The summed E-state index contributed by atoms with van der Waals surface area (Å²) in [6.07, 6.45) is -6.99. The highest BCUT2D eigenvalue weighted by Gasteiger charge is 2.33. The fraction of sp³-hybridized carbons (Fsp3) is 0.269. The molecule has 0 fully saturated rings. The molecule has 0 aromatic heterocycles. The predicted octanol–water partition coefficient (Wildman–Crippen LogP) is 5.72. The quantitative estimate of drug-likeness (QED) is 0.143. The number of benzene rings is 2. The molecule has 0 saturated carbocycles. The number of hydrogen-bond acceptors (Lipinski definition) is 8. The Kier molecular flexibility index (Phi) is 10.7. The minimum atomic E-state index is -5.09. The van der Waals surface area contributed by atoms with E-state index in [1.165, 1.54) is 12.1 Å². The Morgan fingerprint density at radius 1 is 0.800 bits per heavy atom. The largest absolute Gasteiger partial charge is 0.573 e. The number of phenolic OH excluding ortho intramolecular Hbond substituents is 2. The SMILES string of the molecule is CCOC(=O)CCC(C(=O)C=Cc1ccc(O)c(OC(F)(F)F)c1)C(=O)C=Cc1ccc(O)c(OC(F)(F)F)c1. The molecule has 2 aromatic carbocycles. The van der Waals surface area contributed by atoms with Gasteiger partial charge in [0.1, 0.15) is 0 Å². The van der Waals surface area contributed by atoms with Crippen LogP contribution in [0.4, 0.5) is 26.3 Å². The summed E-state index contributed by atoms with van der Waals surface area (Å²) in [6.45, 7) is 1.58. The maximum Gasteiger partial charge on any atom is 0.573 e. The molecular formula is C26H22F6O8. The van der Waals surface area contributed by atoms with Gasteiger partial charge in [0, 0.05) is 6.42 Å². The van der Waals surface area contributed by atoms with E-state index in [0.29, 0.717) is 0 Å². The number of carbonyl (C=O) groups excluding carboxylic acids is 3. The Morgan fingerprint density at radius 2 is 1.23 bits per heavy atom. The average Bonchev–Trinajstić information content (AvgIpc) is 2.83. The molecule has 8 nitrogen and oxygen atoms in total. The lowest BCUT2D eigenvalue weighted by Crippen LogP contribution is -2.22. The molecule has 0 aliphatic rings. The monoisotopic (exact) mass is 576 g/mol. The molecule has 14 heteroatoms. The van der Waals surface area contributed by atoms with E-state index in [1.54, 1.807) is 6.92 Å². The third-order valence-corrected chi connectivity index (χ3v) is 4.93. The second-order valence-corrected chi connectivity index (χ2v) is 7.92. The lowest BCUT2D eigenvalue weighted by Gasteiger charge is -2.12. The van der Waals surface area contributed by atoms with Gasteiger partial charge in [0.2, 0.25) is 0 Å². The van der Waals surface area contributed by atoms with Crippen LogP contribution in [0.15, 0.2) is 48.6 Å². The molecular weight excluding hydrogens is 554 g/mol. The second-order valence-electron chi connectivity index (χ2n) is 7.92. The van der Waals surface area contributed by atoms with Crippen LogP contribution in [0.25, 0.3) is 12.2 Å². The van der Waals surface area contributed by atoms with Crippen molar-refractivity contribution in [2.24, 2.45) is 5.92 Å². The molecule has 0 amide bonds. The van der Waals surface area contributed by atoms with Gasteiger partial charge >= 0.3 is 18.7 Å². The van der Waals surface area contributed by atoms with Gasteiger partial charge in [0.15, 0.2) is 34.6 Å². The summed E-state index contributed by atoms with van der Waals surface area (Å²) in [7, 11) is 0. The Balaban J connectivity index is 2.28. The molecule has 0 bridgehead atoms. The number of rotatable bonds is 12. The van der Waals surface area contributed by atoms with E-state index in [0.717, 1.165) is 48.6 Å². The van der Waals surface area contributed by atoms with Crippen molar-refractivity contribution in [2.45, 2.75) is 32.5 Å². The van der Waals surface area contributed by atoms with Crippen molar-refractivity contribution in [3.63, 3.8) is 0 Å². The van der Waals surface area contributed by atoms with Gasteiger partial charge < -0.3 is 24.4 Å². The Bertz CT molecular complexity index is 1190. The van der Waals surface area contributed by atoms with Gasteiger partial charge in [-0.15, -0.1) is 26.3 Å². The number of aromatic hydroxyl groups is 2. The van der Waals surface area contributed by atoms with Gasteiger partial charge in [-0.05, 0) is 60.9 Å². The molecule has 0 unspecified atom stereocenters. The van der Waals surface area contributed by atoms with Crippen LogP contribution in [0.3, 0.4) is 0 Å². The van der Waals surface area contributed by atoms with Crippen molar-refractivity contribution >= 4 is 29.7 Å². The summed E-state index contributed by atoms with van der Waals surface area (Å²) in [5.41, 5.74) is -0.00218. The molecule has 40 heavy (non-hydrogen) atoms. The molecule has 2 aromatic rings. The van der Waals surface area contributed by atoms with Crippen LogP contribution >= 0.6 is 0 Å². The van der Waals surface area contributed by atoms with Crippen molar-refractivity contribution in [3.8, 4) is 23.0 Å². The lowest BCUT2D eigenvalue weighted by atomic mass is 9.92. The summed E-state index contributed by atoms with van der Waals surface area (Å²) in [6, 6.07) is 5.73. The zero-order valence-electron chi connectivity index (χ0n) is 20.6.